The molecule has 0 aromatic carbocycles. The van der Waals surface area contributed by atoms with Crippen LogP contribution in [0, 0.1) is 11.8 Å². The topological polar surface area (TPSA) is 42.4 Å². The van der Waals surface area contributed by atoms with E-state index in [2.05, 4.69) is 4.98 Å². The average molecular weight is 302 g/mol. The van der Waals surface area contributed by atoms with Crippen LogP contribution in [0.15, 0.2) is 18.3 Å². The Kier molecular flexibility index (Phi) is 4.69. The zero-order valence-corrected chi connectivity index (χ0v) is 11.6. The fourth-order valence-electron chi connectivity index (χ4n) is 2.66. The molecule has 1 aliphatic heterocycles. The molecule has 1 aromatic heterocycles. The van der Waals surface area contributed by atoms with Crippen molar-refractivity contribution in [2.45, 2.75) is 19.5 Å². The zero-order valence-electron chi connectivity index (χ0n) is 11.6. The molecule has 4 nitrogen and oxygen atoms in total. The molecular weight excluding hydrogens is 285 g/mol. The minimum Gasteiger partial charge on any atom is -0.491 e. The SMILES string of the molecule is CC1CC(COc2cccnc2C(F)(F)F)CN(C=O)C1. The first-order valence-corrected chi connectivity index (χ1v) is 6.74. The lowest BCUT2D eigenvalue weighted by Crippen LogP contribution is -2.40. The number of hydrogen-bond acceptors (Lipinski definition) is 3. The molecule has 0 spiro atoms. The van der Waals surface area contributed by atoms with Crippen LogP contribution in [-0.2, 0) is 11.0 Å². The van der Waals surface area contributed by atoms with Crippen molar-refractivity contribution >= 4 is 6.41 Å². The van der Waals surface area contributed by atoms with Crippen molar-refractivity contribution in [1.82, 2.24) is 9.88 Å². The number of likely N-dealkylation sites (tertiary alicyclic amines) is 1. The summed E-state index contributed by atoms with van der Waals surface area (Å²) in [4.78, 5) is 15.8. The largest absolute Gasteiger partial charge is 0.491 e. The summed E-state index contributed by atoms with van der Waals surface area (Å²) in [5.74, 6) is 0.0784. The standard InChI is InChI=1S/C14H17F3N2O2/c1-10-5-11(7-19(6-10)9-20)8-21-12-3-2-4-18-13(12)14(15,16)17/h2-4,9-11H,5-8H2,1H3. The van der Waals surface area contributed by atoms with Gasteiger partial charge in [0.05, 0.1) is 6.61 Å². The summed E-state index contributed by atoms with van der Waals surface area (Å²) in [6.45, 7) is 3.34. The van der Waals surface area contributed by atoms with Gasteiger partial charge in [0, 0.05) is 25.2 Å². The number of carbonyl (C=O) groups excluding carboxylic acids is 1. The Hall–Kier alpha value is -1.79. The van der Waals surface area contributed by atoms with Gasteiger partial charge in [0.15, 0.2) is 5.69 Å². The average Bonchev–Trinajstić information content (AvgIpc) is 2.44. The van der Waals surface area contributed by atoms with Gasteiger partial charge < -0.3 is 9.64 Å². The van der Waals surface area contributed by atoms with E-state index < -0.39 is 11.9 Å². The van der Waals surface area contributed by atoms with Crippen molar-refractivity contribution in [3.8, 4) is 5.75 Å². The molecule has 116 valence electrons. The van der Waals surface area contributed by atoms with E-state index in [9.17, 15) is 18.0 Å². The third kappa shape index (κ3) is 4.09. The van der Waals surface area contributed by atoms with Gasteiger partial charge in [-0.3, -0.25) is 4.79 Å². The number of carbonyl (C=O) groups is 1. The van der Waals surface area contributed by atoms with Gasteiger partial charge in [-0.25, -0.2) is 4.98 Å². The summed E-state index contributed by atoms with van der Waals surface area (Å²) in [6.07, 6.45) is -1.85. The molecule has 2 rings (SSSR count). The fraction of sp³-hybridized carbons (Fsp3) is 0.571. The maximum absolute atomic E-state index is 12.8. The number of aromatic nitrogens is 1. The summed E-state index contributed by atoms with van der Waals surface area (Å²) in [5.41, 5.74) is -1.01. The Labute approximate surface area is 120 Å². The van der Waals surface area contributed by atoms with Crippen molar-refractivity contribution in [1.29, 1.82) is 0 Å². The van der Waals surface area contributed by atoms with Crippen molar-refractivity contribution < 1.29 is 22.7 Å². The molecular formula is C14H17F3N2O2. The zero-order chi connectivity index (χ0) is 15.5. The molecule has 1 aliphatic rings. The van der Waals surface area contributed by atoms with E-state index in [0.717, 1.165) is 19.0 Å². The lowest BCUT2D eigenvalue weighted by Gasteiger charge is -2.34. The molecule has 7 heteroatoms. The highest BCUT2D eigenvalue weighted by molar-refractivity contribution is 5.47. The van der Waals surface area contributed by atoms with Crippen LogP contribution in [0.2, 0.25) is 0 Å². The number of piperidine rings is 1. The van der Waals surface area contributed by atoms with Crippen LogP contribution < -0.4 is 4.74 Å². The minimum absolute atomic E-state index is 0.0280. The van der Waals surface area contributed by atoms with Gasteiger partial charge in [-0.05, 0) is 24.5 Å². The van der Waals surface area contributed by atoms with Gasteiger partial charge in [0.2, 0.25) is 6.41 Å². The van der Waals surface area contributed by atoms with E-state index >= 15 is 0 Å². The van der Waals surface area contributed by atoms with E-state index in [0.29, 0.717) is 19.0 Å². The first kappa shape index (κ1) is 15.6. The van der Waals surface area contributed by atoms with Crippen molar-refractivity contribution in [2.75, 3.05) is 19.7 Å². The molecule has 1 amide bonds. The molecule has 1 saturated heterocycles. The van der Waals surface area contributed by atoms with Gasteiger partial charge in [-0.15, -0.1) is 0 Å². The molecule has 2 atom stereocenters. The summed E-state index contributed by atoms with van der Waals surface area (Å²) >= 11 is 0. The highest BCUT2D eigenvalue weighted by atomic mass is 19.4. The van der Waals surface area contributed by atoms with E-state index in [4.69, 9.17) is 4.74 Å². The van der Waals surface area contributed by atoms with E-state index in [-0.39, 0.29) is 18.3 Å². The number of alkyl halides is 3. The number of ether oxygens (including phenoxy) is 1. The van der Waals surface area contributed by atoms with Gasteiger partial charge in [-0.2, -0.15) is 13.2 Å². The molecule has 2 unspecified atom stereocenters. The predicted molar refractivity (Wildman–Crippen MR) is 69.6 cm³/mol. The second kappa shape index (κ2) is 6.32. The second-order valence-electron chi connectivity index (χ2n) is 5.43. The van der Waals surface area contributed by atoms with Gasteiger partial charge in [0.1, 0.15) is 5.75 Å². The number of amides is 1. The quantitative estimate of drug-likeness (QED) is 0.803. The van der Waals surface area contributed by atoms with E-state index in [1.807, 2.05) is 6.92 Å². The maximum atomic E-state index is 12.8. The summed E-state index contributed by atoms with van der Waals surface area (Å²) < 4.78 is 43.7. The molecule has 0 radical (unpaired) electrons. The first-order chi connectivity index (χ1) is 9.90. The van der Waals surface area contributed by atoms with Crippen LogP contribution in [0.3, 0.4) is 0 Å². The molecule has 1 fully saturated rings. The van der Waals surface area contributed by atoms with Crippen LogP contribution in [0.25, 0.3) is 0 Å². The number of pyridine rings is 1. The summed E-state index contributed by atoms with van der Waals surface area (Å²) in [5, 5.41) is 0. The molecule has 2 heterocycles. The lowest BCUT2D eigenvalue weighted by molar-refractivity contribution is -0.142. The van der Waals surface area contributed by atoms with Gasteiger partial charge in [0.25, 0.3) is 0 Å². The maximum Gasteiger partial charge on any atom is 0.437 e. The highest BCUT2D eigenvalue weighted by Crippen LogP contribution is 2.34. The Morgan fingerprint density at radius 1 is 1.48 bits per heavy atom. The lowest BCUT2D eigenvalue weighted by atomic mass is 9.91. The number of nitrogens with zero attached hydrogens (tertiary/aromatic N) is 2. The summed E-state index contributed by atoms with van der Waals surface area (Å²) in [6, 6.07) is 2.67. The second-order valence-corrected chi connectivity index (χ2v) is 5.43. The Bertz CT molecular complexity index is 493. The highest BCUT2D eigenvalue weighted by Gasteiger charge is 2.36. The predicted octanol–water partition coefficient (Wildman–Crippen LogP) is 2.59. The third-order valence-electron chi connectivity index (χ3n) is 3.44. The van der Waals surface area contributed by atoms with E-state index in [1.165, 1.54) is 12.1 Å². The van der Waals surface area contributed by atoms with Crippen molar-refractivity contribution in [3.05, 3.63) is 24.0 Å². The summed E-state index contributed by atoms with van der Waals surface area (Å²) in [7, 11) is 0. The monoisotopic (exact) mass is 302 g/mol. The molecule has 0 bridgehead atoms. The van der Waals surface area contributed by atoms with Gasteiger partial charge in [-0.1, -0.05) is 6.92 Å². The van der Waals surface area contributed by atoms with Crippen LogP contribution in [0.5, 0.6) is 5.75 Å². The molecule has 21 heavy (non-hydrogen) atoms. The molecule has 0 aliphatic carbocycles. The molecule has 0 saturated carbocycles. The van der Waals surface area contributed by atoms with Crippen LogP contribution in [0.1, 0.15) is 19.0 Å². The van der Waals surface area contributed by atoms with Crippen LogP contribution in [0.4, 0.5) is 13.2 Å². The van der Waals surface area contributed by atoms with Crippen molar-refractivity contribution in [2.24, 2.45) is 11.8 Å². The molecule has 1 aromatic rings. The van der Waals surface area contributed by atoms with Gasteiger partial charge >= 0.3 is 6.18 Å². The smallest absolute Gasteiger partial charge is 0.437 e. The van der Waals surface area contributed by atoms with E-state index in [1.54, 1.807) is 4.90 Å². The first-order valence-electron chi connectivity index (χ1n) is 6.74. The number of rotatable bonds is 4. The third-order valence-corrected chi connectivity index (χ3v) is 3.44. The minimum atomic E-state index is -4.54. The normalized spacial score (nSPS) is 23.0. The Balaban J connectivity index is 2.02. The van der Waals surface area contributed by atoms with Crippen LogP contribution >= 0.6 is 0 Å². The molecule has 0 N–H and O–H groups in total. The Morgan fingerprint density at radius 3 is 2.90 bits per heavy atom. The van der Waals surface area contributed by atoms with Crippen molar-refractivity contribution in [3.63, 3.8) is 0 Å². The van der Waals surface area contributed by atoms with Crippen LogP contribution in [-0.4, -0.2) is 36.0 Å². The number of hydrogen-bond donors (Lipinski definition) is 0. The fourth-order valence-corrected chi connectivity index (χ4v) is 2.66. The Morgan fingerprint density at radius 2 is 2.24 bits per heavy atom. The number of halogens is 3.